The molecule has 234 valence electrons. The van der Waals surface area contributed by atoms with Crippen molar-refractivity contribution in [1.29, 1.82) is 0 Å². The van der Waals surface area contributed by atoms with E-state index in [0.717, 1.165) is 24.0 Å². The Balaban J connectivity index is 1.39. The lowest BCUT2D eigenvalue weighted by Crippen LogP contribution is -2.08. The van der Waals surface area contributed by atoms with Crippen molar-refractivity contribution in [1.82, 2.24) is 9.13 Å². The second kappa shape index (κ2) is 11.5. The lowest BCUT2D eigenvalue weighted by atomic mass is 9.91. The highest BCUT2D eigenvalue weighted by Gasteiger charge is 2.26. The van der Waals surface area contributed by atoms with Crippen molar-refractivity contribution < 1.29 is 0 Å². The van der Waals surface area contributed by atoms with Crippen LogP contribution in [0.2, 0.25) is 0 Å². The minimum atomic E-state index is 0.975. The maximum absolute atomic E-state index is 3.46. The van der Waals surface area contributed by atoms with Gasteiger partial charge in [-0.2, -0.15) is 0 Å². The zero-order valence-corrected chi connectivity index (χ0v) is 27.5. The predicted octanol–water partition coefficient (Wildman–Crippen LogP) is 12.3. The van der Waals surface area contributed by atoms with Gasteiger partial charge in [-0.05, 0) is 48.7 Å². The minimum Gasteiger partial charge on any atom is -0.312 e. The number of hydrogen-bond donors (Lipinski definition) is 0. The number of hydrogen-bond acceptors (Lipinski definition) is 0. The summed E-state index contributed by atoms with van der Waals surface area (Å²) in [5.74, 6) is 0. The van der Waals surface area contributed by atoms with Gasteiger partial charge >= 0.3 is 0 Å². The summed E-state index contributed by atoms with van der Waals surface area (Å²) in [6.07, 6.45) is 6.63. The molecule has 0 fully saturated rings. The molecule has 2 aromatic heterocycles. The molecule has 0 bridgehead atoms. The van der Waals surface area contributed by atoms with Crippen LogP contribution < -0.4 is 0 Å². The summed E-state index contributed by atoms with van der Waals surface area (Å²) >= 11 is 0. The summed E-state index contributed by atoms with van der Waals surface area (Å²) < 4.78 is 5.04. The van der Waals surface area contributed by atoms with Gasteiger partial charge in [0.1, 0.15) is 0 Å². The average molecular weight is 637 g/mol. The number of benzene rings is 6. The summed E-state index contributed by atoms with van der Waals surface area (Å²) in [4.78, 5) is 0. The maximum atomic E-state index is 3.46. The Morgan fingerprint density at radius 3 is 1.72 bits per heavy atom. The SMILES string of the molecule is c1cccc(-c2cccc(-c3cccc(-c4ccccc4)c3-n3c4ccccc4c4ccccc43)c2-n2c3c(c4ccccc42)C=CCC3)c#1. The molecule has 2 heteroatoms. The van der Waals surface area contributed by atoms with E-state index in [9.17, 15) is 0 Å². The van der Waals surface area contributed by atoms with Crippen molar-refractivity contribution in [3.05, 3.63) is 187 Å². The van der Waals surface area contributed by atoms with Crippen LogP contribution in [0, 0.1) is 12.1 Å². The predicted molar refractivity (Wildman–Crippen MR) is 209 cm³/mol. The zero-order valence-electron chi connectivity index (χ0n) is 27.5. The largest absolute Gasteiger partial charge is 0.312 e. The highest BCUT2D eigenvalue weighted by Crippen LogP contribution is 2.46. The standard InChI is InChI=1S/C48H32N2/c1-3-17-33(18-4-1)35-25-15-27-41(47(35)49-43-29-11-7-21-37(43)38-22-8-12-30-44(38)49)42-28-16-26-36(34-19-5-2-6-20-34)48(42)50-45-31-13-9-23-39(45)40-24-10-14-32-46(40)50/h1-5,7-13,15-19,21-31H,14,32H2. The van der Waals surface area contributed by atoms with Crippen LogP contribution in [0.25, 0.3) is 83.5 Å². The maximum Gasteiger partial charge on any atom is 0.0623 e. The first kappa shape index (κ1) is 28.5. The highest BCUT2D eigenvalue weighted by molar-refractivity contribution is 6.11. The van der Waals surface area contributed by atoms with E-state index in [1.807, 2.05) is 6.07 Å². The summed E-state index contributed by atoms with van der Waals surface area (Å²) in [5, 5.41) is 3.78. The Hall–Kier alpha value is -6.56. The molecule has 2 heterocycles. The van der Waals surface area contributed by atoms with Crippen LogP contribution in [0.1, 0.15) is 17.7 Å². The number of aromatic nitrogens is 2. The van der Waals surface area contributed by atoms with Gasteiger partial charge in [0, 0.05) is 55.2 Å². The fraction of sp³-hybridized carbons (Fsp3) is 0.0417. The van der Waals surface area contributed by atoms with Gasteiger partial charge < -0.3 is 9.13 Å². The van der Waals surface area contributed by atoms with E-state index in [4.69, 9.17) is 0 Å². The molecular weight excluding hydrogens is 605 g/mol. The van der Waals surface area contributed by atoms with Gasteiger partial charge in [0.25, 0.3) is 0 Å². The smallest absolute Gasteiger partial charge is 0.0623 e. The summed E-state index contributed by atoms with van der Waals surface area (Å²) in [5.41, 5.74) is 15.5. The molecule has 10 rings (SSSR count). The molecule has 0 atom stereocenters. The van der Waals surface area contributed by atoms with Crippen LogP contribution in [-0.4, -0.2) is 9.13 Å². The molecule has 1 aliphatic carbocycles. The molecule has 0 aliphatic heterocycles. The van der Waals surface area contributed by atoms with Crippen molar-refractivity contribution in [2.75, 3.05) is 0 Å². The monoisotopic (exact) mass is 636 g/mol. The average Bonchev–Trinajstić information content (AvgIpc) is 3.71. The fourth-order valence-corrected chi connectivity index (χ4v) is 8.17. The van der Waals surface area contributed by atoms with Gasteiger partial charge in [-0.25, -0.2) is 0 Å². The third-order valence-electron chi connectivity index (χ3n) is 10.3. The van der Waals surface area contributed by atoms with Gasteiger partial charge in [-0.3, -0.25) is 0 Å². The van der Waals surface area contributed by atoms with E-state index >= 15 is 0 Å². The summed E-state index contributed by atoms with van der Waals surface area (Å²) in [6, 6.07) is 63.7. The lowest BCUT2D eigenvalue weighted by molar-refractivity contribution is 0.890. The molecule has 9 aromatic rings. The number of nitrogens with zero attached hydrogens (tertiary/aromatic N) is 2. The molecular formula is C48H32N2. The van der Waals surface area contributed by atoms with Gasteiger partial charge in [-0.1, -0.05) is 152 Å². The van der Waals surface area contributed by atoms with Crippen LogP contribution in [0.5, 0.6) is 0 Å². The Bertz CT molecular complexity index is 2690. The zero-order chi connectivity index (χ0) is 33.0. The van der Waals surface area contributed by atoms with Gasteiger partial charge in [0.05, 0.1) is 27.9 Å². The first-order valence-electron chi connectivity index (χ1n) is 17.4. The number of fused-ring (bicyclic) bond motifs is 6. The quantitative estimate of drug-likeness (QED) is 0.178. The lowest BCUT2D eigenvalue weighted by Gasteiger charge is -2.24. The van der Waals surface area contributed by atoms with E-state index in [-0.39, 0.29) is 0 Å². The summed E-state index contributed by atoms with van der Waals surface area (Å²) in [7, 11) is 0. The van der Waals surface area contributed by atoms with E-state index in [0.29, 0.717) is 0 Å². The molecule has 1 aliphatic rings. The number of rotatable bonds is 5. The molecule has 0 radical (unpaired) electrons. The van der Waals surface area contributed by atoms with Crippen LogP contribution in [0.3, 0.4) is 0 Å². The van der Waals surface area contributed by atoms with Gasteiger partial charge in [0.2, 0.25) is 0 Å². The van der Waals surface area contributed by atoms with Gasteiger partial charge in [0.15, 0.2) is 0 Å². The molecule has 0 amide bonds. The number of para-hydroxylation sites is 5. The Kier molecular flexibility index (Phi) is 6.57. The minimum absolute atomic E-state index is 0.975. The molecule has 50 heavy (non-hydrogen) atoms. The third kappa shape index (κ3) is 4.31. The van der Waals surface area contributed by atoms with E-state index < -0.39 is 0 Å². The Morgan fingerprint density at radius 2 is 1.04 bits per heavy atom. The molecule has 0 N–H and O–H groups in total. The first-order valence-corrected chi connectivity index (χ1v) is 17.4. The van der Waals surface area contributed by atoms with Crippen molar-refractivity contribution in [2.45, 2.75) is 12.8 Å². The number of allylic oxidation sites excluding steroid dienone is 1. The van der Waals surface area contributed by atoms with Gasteiger partial charge in [-0.15, -0.1) is 0 Å². The van der Waals surface area contributed by atoms with Crippen molar-refractivity contribution >= 4 is 38.8 Å². The van der Waals surface area contributed by atoms with Crippen LogP contribution in [0.15, 0.2) is 164 Å². The summed E-state index contributed by atoms with van der Waals surface area (Å²) in [6.45, 7) is 0. The normalized spacial score (nSPS) is 12.4. The van der Waals surface area contributed by atoms with E-state index in [2.05, 4.69) is 185 Å². The molecule has 2 nitrogen and oxygen atoms in total. The Morgan fingerprint density at radius 1 is 0.460 bits per heavy atom. The van der Waals surface area contributed by atoms with E-state index in [1.165, 1.54) is 77.6 Å². The first-order chi connectivity index (χ1) is 24.9. The van der Waals surface area contributed by atoms with E-state index in [1.54, 1.807) is 0 Å². The fourth-order valence-electron chi connectivity index (χ4n) is 8.17. The topological polar surface area (TPSA) is 9.86 Å². The molecule has 0 saturated heterocycles. The molecule has 0 saturated carbocycles. The highest BCUT2D eigenvalue weighted by atomic mass is 15.0. The molecule has 7 aromatic carbocycles. The second-order valence-corrected chi connectivity index (χ2v) is 13.0. The molecule has 0 unspecified atom stereocenters. The van der Waals surface area contributed by atoms with Crippen molar-refractivity contribution in [3.8, 4) is 44.8 Å². The third-order valence-corrected chi connectivity index (χ3v) is 10.3. The second-order valence-electron chi connectivity index (χ2n) is 13.0. The van der Waals surface area contributed by atoms with Crippen molar-refractivity contribution in [2.24, 2.45) is 0 Å². The van der Waals surface area contributed by atoms with Crippen LogP contribution in [0.4, 0.5) is 0 Å². The van der Waals surface area contributed by atoms with Crippen molar-refractivity contribution in [3.63, 3.8) is 0 Å². The van der Waals surface area contributed by atoms with Crippen LogP contribution >= 0.6 is 0 Å². The van der Waals surface area contributed by atoms with Crippen LogP contribution in [-0.2, 0) is 6.42 Å². The Labute approximate surface area is 291 Å². The molecule has 0 spiro atoms.